The zero-order chi connectivity index (χ0) is 11.4. The summed E-state index contributed by atoms with van der Waals surface area (Å²) in [5.41, 5.74) is 0.653. The second kappa shape index (κ2) is 5.50. The Morgan fingerprint density at radius 3 is 2.33 bits per heavy atom. The van der Waals surface area contributed by atoms with Crippen LogP contribution in [0.25, 0.3) is 0 Å². The van der Waals surface area contributed by atoms with Crippen molar-refractivity contribution in [3.05, 3.63) is 34.9 Å². The predicted molar refractivity (Wildman–Crippen MR) is 61.3 cm³/mol. The number of hydrogen-bond acceptors (Lipinski definition) is 2. The van der Waals surface area contributed by atoms with Crippen molar-refractivity contribution >= 4 is 29.0 Å². The van der Waals surface area contributed by atoms with E-state index in [0.717, 1.165) is 0 Å². The van der Waals surface area contributed by atoms with E-state index in [4.69, 9.17) is 23.2 Å². The van der Waals surface area contributed by atoms with Crippen LogP contribution in [0.15, 0.2) is 24.3 Å². The van der Waals surface area contributed by atoms with Crippen LogP contribution < -0.4 is 0 Å². The van der Waals surface area contributed by atoms with Crippen LogP contribution in [0.3, 0.4) is 0 Å². The van der Waals surface area contributed by atoms with Gasteiger partial charge in [-0.3, -0.25) is 4.79 Å². The van der Waals surface area contributed by atoms with E-state index in [9.17, 15) is 9.90 Å². The Hall–Kier alpha value is -0.570. The average molecular weight is 247 g/mol. The van der Waals surface area contributed by atoms with Crippen LogP contribution in [0, 0.1) is 5.92 Å². The quantitative estimate of drug-likeness (QED) is 0.830. The minimum absolute atomic E-state index is 0.110. The van der Waals surface area contributed by atoms with E-state index in [2.05, 4.69) is 0 Å². The topological polar surface area (TPSA) is 37.3 Å². The predicted octanol–water partition coefficient (Wildman–Crippen LogP) is 2.82. The summed E-state index contributed by atoms with van der Waals surface area (Å²) in [6, 6.07) is 6.72. The molecule has 1 aromatic carbocycles. The van der Waals surface area contributed by atoms with Gasteiger partial charge in [-0.15, -0.1) is 11.6 Å². The molecule has 0 aliphatic rings. The van der Waals surface area contributed by atoms with Crippen LogP contribution in [0.2, 0.25) is 5.02 Å². The molecule has 1 rings (SSSR count). The number of alkyl halides is 1. The Bertz CT molecular complexity index is 335. The fraction of sp³-hybridized carbons (Fsp3) is 0.364. The molecule has 0 heterocycles. The maximum Gasteiger partial charge on any atom is 0.137 e. The summed E-state index contributed by atoms with van der Waals surface area (Å²) in [6.07, 6.45) is -0.864. The lowest BCUT2D eigenvalue weighted by Gasteiger charge is -2.18. The highest BCUT2D eigenvalue weighted by Gasteiger charge is 2.23. The van der Waals surface area contributed by atoms with Gasteiger partial charge in [-0.05, 0) is 24.6 Å². The molecule has 0 amide bonds. The van der Waals surface area contributed by atoms with Gasteiger partial charge in [0.25, 0.3) is 0 Å². The van der Waals surface area contributed by atoms with Crippen molar-refractivity contribution in [1.82, 2.24) is 0 Å². The molecule has 0 radical (unpaired) electrons. The van der Waals surface area contributed by atoms with Crippen molar-refractivity contribution in [2.45, 2.75) is 13.0 Å². The second-order valence-electron chi connectivity index (χ2n) is 3.37. The molecule has 0 unspecified atom stereocenters. The minimum atomic E-state index is -0.864. The zero-order valence-corrected chi connectivity index (χ0v) is 9.79. The van der Waals surface area contributed by atoms with Crippen LogP contribution in [-0.2, 0) is 4.79 Å². The molecule has 2 nitrogen and oxygen atoms in total. The van der Waals surface area contributed by atoms with E-state index < -0.39 is 12.0 Å². The molecule has 0 spiro atoms. The normalized spacial score (nSPS) is 14.7. The third kappa shape index (κ3) is 3.20. The van der Waals surface area contributed by atoms with Crippen molar-refractivity contribution in [2.24, 2.45) is 5.92 Å². The summed E-state index contributed by atoms with van der Waals surface area (Å²) < 4.78 is 0. The molecule has 0 aliphatic heterocycles. The summed E-state index contributed by atoms with van der Waals surface area (Å²) in [5.74, 6) is -0.570. The number of benzene rings is 1. The standard InChI is InChI=1S/C11H12Cl2O2/c1-7(14)10(6-12)11(15)8-2-4-9(13)5-3-8/h2-5,10-11,15H,6H2,1H3/t10-,11-/m1/s1. The molecule has 0 saturated heterocycles. The van der Waals surface area contributed by atoms with Crippen LogP contribution in [-0.4, -0.2) is 16.8 Å². The van der Waals surface area contributed by atoms with Gasteiger partial charge in [0.05, 0.1) is 12.0 Å². The maximum absolute atomic E-state index is 11.2. The number of rotatable bonds is 4. The van der Waals surface area contributed by atoms with Gasteiger partial charge in [-0.1, -0.05) is 23.7 Å². The molecule has 1 aromatic rings. The monoisotopic (exact) mass is 246 g/mol. The van der Waals surface area contributed by atoms with E-state index in [0.29, 0.717) is 10.6 Å². The molecule has 2 atom stereocenters. The number of ketones is 1. The van der Waals surface area contributed by atoms with Crippen molar-refractivity contribution in [1.29, 1.82) is 0 Å². The summed E-state index contributed by atoms with van der Waals surface area (Å²) in [5, 5.41) is 10.5. The molecule has 82 valence electrons. The number of hydrogen-bond donors (Lipinski definition) is 1. The molecule has 0 bridgehead atoms. The first-order valence-electron chi connectivity index (χ1n) is 4.56. The van der Waals surface area contributed by atoms with Gasteiger partial charge in [0, 0.05) is 10.9 Å². The Labute approximate surface area is 98.8 Å². The summed E-state index contributed by atoms with van der Waals surface area (Å²) in [7, 11) is 0. The van der Waals surface area contributed by atoms with E-state index in [1.165, 1.54) is 6.92 Å². The Kier molecular flexibility index (Phi) is 4.58. The second-order valence-corrected chi connectivity index (χ2v) is 4.11. The molecule has 0 aromatic heterocycles. The van der Waals surface area contributed by atoms with Gasteiger partial charge >= 0.3 is 0 Å². The molecule has 0 aliphatic carbocycles. The Morgan fingerprint density at radius 1 is 1.40 bits per heavy atom. The van der Waals surface area contributed by atoms with E-state index in [1.54, 1.807) is 24.3 Å². The minimum Gasteiger partial charge on any atom is -0.388 e. The van der Waals surface area contributed by atoms with Crippen molar-refractivity contribution in [2.75, 3.05) is 5.88 Å². The smallest absolute Gasteiger partial charge is 0.137 e. The fourth-order valence-corrected chi connectivity index (χ4v) is 1.82. The highest BCUT2D eigenvalue weighted by Crippen LogP contribution is 2.25. The van der Waals surface area contributed by atoms with E-state index >= 15 is 0 Å². The van der Waals surface area contributed by atoms with E-state index in [-0.39, 0.29) is 11.7 Å². The van der Waals surface area contributed by atoms with Crippen LogP contribution in [0.5, 0.6) is 0 Å². The molecule has 0 saturated carbocycles. The summed E-state index contributed by atoms with van der Waals surface area (Å²) in [4.78, 5) is 11.2. The third-order valence-electron chi connectivity index (χ3n) is 2.28. The number of carbonyl (C=O) groups excluding carboxylic acids is 1. The van der Waals surface area contributed by atoms with Crippen molar-refractivity contribution < 1.29 is 9.90 Å². The van der Waals surface area contributed by atoms with Gasteiger partial charge in [-0.25, -0.2) is 0 Å². The van der Waals surface area contributed by atoms with Gasteiger partial charge in [-0.2, -0.15) is 0 Å². The highest BCUT2D eigenvalue weighted by molar-refractivity contribution is 6.30. The molecule has 0 fully saturated rings. The van der Waals surface area contributed by atoms with E-state index in [1.807, 2.05) is 0 Å². The molecule has 15 heavy (non-hydrogen) atoms. The summed E-state index contributed by atoms with van der Waals surface area (Å²) >= 11 is 11.3. The van der Waals surface area contributed by atoms with Crippen molar-refractivity contribution in [3.63, 3.8) is 0 Å². The molecule has 4 heteroatoms. The Morgan fingerprint density at radius 2 is 1.93 bits per heavy atom. The SMILES string of the molecule is CC(=O)[C@@H](CCl)[C@H](O)c1ccc(Cl)cc1. The number of Topliss-reactive ketones (excluding diaryl/α,β-unsaturated/α-hetero) is 1. The lowest BCUT2D eigenvalue weighted by atomic mass is 9.94. The fourth-order valence-electron chi connectivity index (χ4n) is 1.31. The average Bonchev–Trinajstić information content (AvgIpc) is 2.19. The first-order valence-corrected chi connectivity index (χ1v) is 5.47. The number of aliphatic hydroxyl groups is 1. The molecular weight excluding hydrogens is 235 g/mol. The number of carbonyl (C=O) groups is 1. The van der Waals surface area contributed by atoms with Crippen LogP contribution in [0.1, 0.15) is 18.6 Å². The van der Waals surface area contributed by atoms with Gasteiger partial charge in [0.15, 0.2) is 0 Å². The van der Waals surface area contributed by atoms with Crippen LogP contribution in [0.4, 0.5) is 0 Å². The third-order valence-corrected chi connectivity index (χ3v) is 2.87. The lowest BCUT2D eigenvalue weighted by Crippen LogP contribution is -2.21. The lowest BCUT2D eigenvalue weighted by molar-refractivity contribution is -0.123. The molecular formula is C11H12Cl2O2. The van der Waals surface area contributed by atoms with Crippen LogP contribution >= 0.6 is 23.2 Å². The number of halogens is 2. The molecule has 1 N–H and O–H groups in total. The van der Waals surface area contributed by atoms with Crippen molar-refractivity contribution in [3.8, 4) is 0 Å². The zero-order valence-electron chi connectivity index (χ0n) is 8.28. The highest BCUT2D eigenvalue weighted by atomic mass is 35.5. The van der Waals surface area contributed by atoms with Gasteiger partial charge < -0.3 is 5.11 Å². The first-order chi connectivity index (χ1) is 7.06. The summed E-state index contributed by atoms with van der Waals surface area (Å²) in [6.45, 7) is 1.42. The number of aliphatic hydroxyl groups excluding tert-OH is 1. The van der Waals surface area contributed by atoms with Gasteiger partial charge in [0.1, 0.15) is 5.78 Å². The Balaban J connectivity index is 2.87. The largest absolute Gasteiger partial charge is 0.388 e. The van der Waals surface area contributed by atoms with Gasteiger partial charge in [0.2, 0.25) is 0 Å². The first kappa shape index (κ1) is 12.5. The maximum atomic E-state index is 11.2.